The minimum atomic E-state index is 0.758. The van der Waals surface area contributed by atoms with Gasteiger partial charge < -0.3 is 0 Å². The van der Waals surface area contributed by atoms with Crippen LogP contribution in [0.25, 0.3) is 0 Å². The van der Waals surface area contributed by atoms with E-state index >= 15 is 0 Å². The highest BCUT2D eigenvalue weighted by molar-refractivity contribution is 5.30. The van der Waals surface area contributed by atoms with Crippen LogP contribution in [0.4, 0.5) is 0 Å². The van der Waals surface area contributed by atoms with Crippen molar-refractivity contribution in [3.63, 3.8) is 0 Å². The molecule has 0 spiro atoms. The SMILES string of the molecule is CC[C@@H]1c2cccnc2CC1C. The molecule has 1 heterocycles. The Morgan fingerprint density at radius 2 is 2.42 bits per heavy atom. The van der Waals surface area contributed by atoms with Gasteiger partial charge in [-0.15, -0.1) is 0 Å². The van der Waals surface area contributed by atoms with E-state index < -0.39 is 0 Å². The Bertz CT molecular complexity index is 280. The van der Waals surface area contributed by atoms with Gasteiger partial charge in [0, 0.05) is 11.9 Å². The zero-order valence-electron chi connectivity index (χ0n) is 7.75. The fraction of sp³-hybridized carbons (Fsp3) is 0.545. The van der Waals surface area contributed by atoms with Crippen molar-refractivity contribution in [3.8, 4) is 0 Å². The van der Waals surface area contributed by atoms with E-state index in [0.717, 1.165) is 11.8 Å². The van der Waals surface area contributed by atoms with Gasteiger partial charge in [-0.25, -0.2) is 0 Å². The third-order valence-electron chi connectivity index (χ3n) is 2.97. The summed E-state index contributed by atoms with van der Waals surface area (Å²) in [5, 5.41) is 0. The topological polar surface area (TPSA) is 12.9 Å². The molecule has 0 radical (unpaired) electrons. The lowest BCUT2D eigenvalue weighted by molar-refractivity contribution is 0.485. The van der Waals surface area contributed by atoms with Gasteiger partial charge in [-0.1, -0.05) is 19.9 Å². The van der Waals surface area contributed by atoms with Gasteiger partial charge in [0.15, 0.2) is 0 Å². The Kier molecular flexibility index (Phi) is 1.87. The molecule has 0 N–H and O–H groups in total. The predicted octanol–water partition coefficient (Wildman–Crippen LogP) is 2.77. The van der Waals surface area contributed by atoms with Crippen molar-refractivity contribution in [3.05, 3.63) is 29.6 Å². The highest BCUT2D eigenvalue weighted by Crippen LogP contribution is 2.38. The van der Waals surface area contributed by atoms with Gasteiger partial charge in [0.25, 0.3) is 0 Å². The van der Waals surface area contributed by atoms with Crippen molar-refractivity contribution in [1.82, 2.24) is 4.98 Å². The van der Waals surface area contributed by atoms with Crippen LogP contribution < -0.4 is 0 Å². The average Bonchev–Trinajstić information content (AvgIpc) is 2.40. The lowest BCUT2D eigenvalue weighted by atomic mass is 9.92. The molecule has 1 unspecified atom stereocenters. The van der Waals surface area contributed by atoms with E-state index in [4.69, 9.17) is 0 Å². The van der Waals surface area contributed by atoms with Crippen LogP contribution in [0, 0.1) is 5.92 Å². The number of aromatic nitrogens is 1. The van der Waals surface area contributed by atoms with Gasteiger partial charge >= 0.3 is 0 Å². The number of fused-ring (bicyclic) bond motifs is 1. The van der Waals surface area contributed by atoms with E-state index in [1.54, 1.807) is 0 Å². The van der Waals surface area contributed by atoms with Crippen molar-refractivity contribution in [2.45, 2.75) is 32.6 Å². The Labute approximate surface area is 73.8 Å². The lowest BCUT2D eigenvalue weighted by Crippen LogP contribution is -2.01. The molecule has 64 valence electrons. The summed E-state index contributed by atoms with van der Waals surface area (Å²) in [7, 11) is 0. The zero-order valence-corrected chi connectivity index (χ0v) is 7.75. The molecule has 2 atom stereocenters. The van der Waals surface area contributed by atoms with Crippen molar-refractivity contribution in [2.24, 2.45) is 5.92 Å². The van der Waals surface area contributed by atoms with Gasteiger partial charge in [-0.05, 0) is 36.3 Å². The monoisotopic (exact) mass is 161 g/mol. The second-order valence-electron chi connectivity index (χ2n) is 3.74. The molecule has 0 aliphatic heterocycles. The molecule has 1 aliphatic carbocycles. The summed E-state index contributed by atoms with van der Waals surface area (Å²) in [6, 6.07) is 4.29. The molecule has 0 amide bonds. The molecular weight excluding hydrogens is 146 g/mol. The van der Waals surface area contributed by atoms with Crippen LogP contribution in [0.2, 0.25) is 0 Å². The van der Waals surface area contributed by atoms with Crippen LogP contribution in [-0.2, 0) is 6.42 Å². The molecule has 1 aromatic rings. The summed E-state index contributed by atoms with van der Waals surface area (Å²) >= 11 is 0. The average molecular weight is 161 g/mol. The maximum atomic E-state index is 4.41. The Morgan fingerprint density at radius 3 is 3.17 bits per heavy atom. The quantitative estimate of drug-likeness (QED) is 0.617. The van der Waals surface area contributed by atoms with E-state index in [9.17, 15) is 0 Å². The molecule has 0 fully saturated rings. The lowest BCUT2D eigenvalue weighted by Gasteiger charge is -2.12. The largest absolute Gasteiger partial charge is 0.261 e. The number of nitrogens with zero attached hydrogens (tertiary/aromatic N) is 1. The van der Waals surface area contributed by atoms with Crippen LogP contribution >= 0.6 is 0 Å². The predicted molar refractivity (Wildman–Crippen MR) is 50.1 cm³/mol. The fourth-order valence-corrected chi connectivity index (χ4v) is 2.33. The first-order valence-electron chi connectivity index (χ1n) is 4.76. The smallest absolute Gasteiger partial charge is 0.0441 e. The number of pyridine rings is 1. The first kappa shape index (κ1) is 7.78. The summed E-state index contributed by atoms with van der Waals surface area (Å²) in [5.74, 6) is 1.55. The number of hydrogen-bond acceptors (Lipinski definition) is 1. The Hall–Kier alpha value is -0.850. The highest BCUT2D eigenvalue weighted by Gasteiger charge is 2.28. The summed E-state index contributed by atoms with van der Waals surface area (Å²) in [6.07, 6.45) is 4.33. The fourth-order valence-electron chi connectivity index (χ4n) is 2.33. The molecule has 12 heavy (non-hydrogen) atoms. The summed E-state index contributed by atoms with van der Waals surface area (Å²) in [5.41, 5.74) is 2.82. The molecule has 1 aliphatic rings. The van der Waals surface area contributed by atoms with Gasteiger partial charge in [0.05, 0.1) is 0 Å². The molecule has 2 rings (SSSR count). The van der Waals surface area contributed by atoms with Crippen molar-refractivity contribution < 1.29 is 0 Å². The van der Waals surface area contributed by atoms with Gasteiger partial charge in [-0.3, -0.25) is 4.98 Å². The number of rotatable bonds is 1. The third-order valence-corrected chi connectivity index (χ3v) is 2.97. The van der Waals surface area contributed by atoms with Crippen LogP contribution in [0.1, 0.15) is 37.4 Å². The van der Waals surface area contributed by atoms with E-state index in [1.807, 2.05) is 6.20 Å². The van der Waals surface area contributed by atoms with E-state index in [-0.39, 0.29) is 0 Å². The normalized spacial score (nSPS) is 27.2. The van der Waals surface area contributed by atoms with E-state index in [2.05, 4.69) is 31.0 Å². The maximum absolute atomic E-state index is 4.41. The van der Waals surface area contributed by atoms with Crippen molar-refractivity contribution >= 4 is 0 Å². The third kappa shape index (κ3) is 1.04. The first-order chi connectivity index (χ1) is 5.83. The van der Waals surface area contributed by atoms with E-state index in [1.165, 1.54) is 24.1 Å². The van der Waals surface area contributed by atoms with Crippen LogP contribution in [0.3, 0.4) is 0 Å². The highest BCUT2D eigenvalue weighted by atomic mass is 14.7. The second-order valence-corrected chi connectivity index (χ2v) is 3.74. The van der Waals surface area contributed by atoms with Gasteiger partial charge in [0.1, 0.15) is 0 Å². The molecule has 0 saturated carbocycles. The number of hydrogen-bond donors (Lipinski definition) is 0. The molecule has 0 saturated heterocycles. The first-order valence-corrected chi connectivity index (χ1v) is 4.76. The molecule has 1 nitrogen and oxygen atoms in total. The Balaban J connectivity index is 2.40. The van der Waals surface area contributed by atoms with Crippen LogP contribution in [0.15, 0.2) is 18.3 Å². The van der Waals surface area contributed by atoms with Crippen molar-refractivity contribution in [1.29, 1.82) is 0 Å². The summed E-state index contributed by atoms with van der Waals surface area (Å²) in [6.45, 7) is 4.60. The van der Waals surface area contributed by atoms with Gasteiger partial charge in [0.2, 0.25) is 0 Å². The van der Waals surface area contributed by atoms with E-state index in [0.29, 0.717) is 0 Å². The molecule has 0 bridgehead atoms. The molecule has 0 aromatic carbocycles. The minimum absolute atomic E-state index is 0.758. The maximum Gasteiger partial charge on any atom is 0.0441 e. The molecular formula is C11H15N. The van der Waals surface area contributed by atoms with Crippen molar-refractivity contribution in [2.75, 3.05) is 0 Å². The Morgan fingerprint density at radius 1 is 1.58 bits per heavy atom. The molecule has 1 heteroatoms. The standard InChI is InChI=1S/C11H15N/c1-3-9-8(2)7-11-10(9)5-4-6-12-11/h4-6,8-9H,3,7H2,1-2H3/t8?,9-/m0/s1. The van der Waals surface area contributed by atoms with Crippen LogP contribution in [0.5, 0.6) is 0 Å². The summed E-state index contributed by atoms with van der Waals surface area (Å²) < 4.78 is 0. The zero-order chi connectivity index (χ0) is 8.55. The summed E-state index contributed by atoms with van der Waals surface area (Å²) in [4.78, 5) is 4.41. The minimum Gasteiger partial charge on any atom is -0.261 e. The second kappa shape index (κ2) is 2.89. The van der Waals surface area contributed by atoms with Gasteiger partial charge in [-0.2, -0.15) is 0 Å². The van der Waals surface area contributed by atoms with Crippen LogP contribution in [-0.4, -0.2) is 4.98 Å². The molecule has 1 aromatic heterocycles.